The quantitative estimate of drug-likeness (QED) is 0.903. The second-order valence-electron chi connectivity index (χ2n) is 3.77. The molecule has 2 N–H and O–H groups in total. The van der Waals surface area contributed by atoms with E-state index in [0.717, 1.165) is 0 Å². The Bertz CT molecular complexity index is 619. The lowest BCUT2D eigenvalue weighted by Crippen LogP contribution is -2.07. The Hall–Kier alpha value is -2.14. The van der Waals surface area contributed by atoms with Crippen LogP contribution in [0.2, 0.25) is 5.02 Å². The monoisotopic (exact) mass is 280 g/mol. The number of halogens is 2. The van der Waals surface area contributed by atoms with Crippen molar-refractivity contribution >= 4 is 23.3 Å². The van der Waals surface area contributed by atoms with Gasteiger partial charge in [0, 0.05) is 0 Å². The zero-order valence-corrected chi connectivity index (χ0v) is 10.5. The summed E-state index contributed by atoms with van der Waals surface area (Å²) in [6, 6.07) is 9.25. The summed E-state index contributed by atoms with van der Waals surface area (Å²) >= 11 is 5.65. The van der Waals surface area contributed by atoms with E-state index in [1.54, 1.807) is 24.3 Å². The lowest BCUT2D eigenvalue weighted by molar-refractivity contribution is 0.0690. The summed E-state index contributed by atoms with van der Waals surface area (Å²) in [6.45, 7) is 0.207. The third-order valence-corrected chi connectivity index (χ3v) is 2.73. The molecule has 1 aromatic heterocycles. The number of benzene rings is 1. The topological polar surface area (TPSA) is 62.2 Å². The van der Waals surface area contributed by atoms with Crippen molar-refractivity contribution in [2.75, 3.05) is 5.32 Å². The SMILES string of the molecule is O=C(O)c1cccc(CNc2cccc(Cl)c2F)n1. The van der Waals surface area contributed by atoms with Crippen LogP contribution in [0.1, 0.15) is 16.2 Å². The maximum Gasteiger partial charge on any atom is 0.354 e. The van der Waals surface area contributed by atoms with E-state index in [4.69, 9.17) is 16.7 Å². The first-order valence-corrected chi connectivity index (χ1v) is 5.83. The largest absolute Gasteiger partial charge is 0.477 e. The smallest absolute Gasteiger partial charge is 0.354 e. The average molecular weight is 281 g/mol. The number of hydrogen-bond acceptors (Lipinski definition) is 3. The second-order valence-corrected chi connectivity index (χ2v) is 4.18. The summed E-state index contributed by atoms with van der Waals surface area (Å²) < 4.78 is 13.6. The molecule has 4 nitrogen and oxygen atoms in total. The average Bonchev–Trinajstić information content (AvgIpc) is 2.41. The van der Waals surface area contributed by atoms with Gasteiger partial charge in [0.1, 0.15) is 5.69 Å². The summed E-state index contributed by atoms with van der Waals surface area (Å²) in [5.74, 6) is -1.64. The lowest BCUT2D eigenvalue weighted by atomic mass is 10.2. The molecule has 98 valence electrons. The van der Waals surface area contributed by atoms with Gasteiger partial charge in [-0.3, -0.25) is 0 Å². The van der Waals surface area contributed by atoms with E-state index in [1.807, 2.05) is 0 Å². The Labute approximate surface area is 113 Å². The highest BCUT2D eigenvalue weighted by Gasteiger charge is 2.07. The molecule has 2 rings (SSSR count). The summed E-state index contributed by atoms with van der Waals surface area (Å²) in [5, 5.41) is 11.7. The van der Waals surface area contributed by atoms with Crippen LogP contribution in [0.25, 0.3) is 0 Å². The van der Waals surface area contributed by atoms with E-state index in [1.165, 1.54) is 12.1 Å². The molecule has 0 aliphatic rings. The normalized spacial score (nSPS) is 10.2. The molecular formula is C13H10ClFN2O2. The standard InChI is InChI=1S/C13H10ClFN2O2/c14-9-4-2-5-10(12(9)15)16-7-8-3-1-6-11(17-8)13(18)19/h1-6,16H,7H2,(H,18,19). The van der Waals surface area contributed by atoms with Crippen molar-refractivity contribution in [3.63, 3.8) is 0 Å². The van der Waals surface area contributed by atoms with Crippen molar-refractivity contribution in [3.05, 3.63) is 58.6 Å². The van der Waals surface area contributed by atoms with Crippen LogP contribution in [0, 0.1) is 5.82 Å². The van der Waals surface area contributed by atoms with E-state index >= 15 is 0 Å². The maximum absolute atomic E-state index is 13.6. The van der Waals surface area contributed by atoms with Gasteiger partial charge < -0.3 is 10.4 Å². The van der Waals surface area contributed by atoms with Gasteiger partial charge in [0.25, 0.3) is 0 Å². The number of pyridine rings is 1. The first-order valence-electron chi connectivity index (χ1n) is 5.45. The zero-order chi connectivity index (χ0) is 13.8. The maximum atomic E-state index is 13.6. The predicted molar refractivity (Wildman–Crippen MR) is 69.9 cm³/mol. The summed E-state index contributed by atoms with van der Waals surface area (Å²) in [5.41, 5.74) is 0.695. The number of aromatic carboxylic acids is 1. The molecule has 1 heterocycles. The number of rotatable bonds is 4. The van der Waals surface area contributed by atoms with Crippen LogP contribution < -0.4 is 5.32 Å². The van der Waals surface area contributed by atoms with Crippen LogP contribution in [0.15, 0.2) is 36.4 Å². The summed E-state index contributed by atoms with van der Waals surface area (Å²) in [6.07, 6.45) is 0. The highest BCUT2D eigenvalue weighted by molar-refractivity contribution is 6.31. The van der Waals surface area contributed by atoms with Crippen molar-refractivity contribution in [1.29, 1.82) is 0 Å². The molecule has 0 radical (unpaired) electrons. The van der Waals surface area contributed by atoms with E-state index in [9.17, 15) is 9.18 Å². The number of hydrogen-bond donors (Lipinski definition) is 2. The van der Waals surface area contributed by atoms with Crippen LogP contribution in [0.5, 0.6) is 0 Å². The second kappa shape index (κ2) is 5.67. The van der Waals surface area contributed by atoms with Gasteiger partial charge in [0.05, 0.1) is 22.9 Å². The van der Waals surface area contributed by atoms with Crippen LogP contribution in [0.4, 0.5) is 10.1 Å². The molecule has 0 saturated carbocycles. The molecule has 0 spiro atoms. The number of nitrogens with one attached hydrogen (secondary N) is 1. The molecule has 0 bridgehead atoms. The van der Waals surface area contributed by atoms with Gasteiger partial charge in [-0.15, -0.1) is 0 Å². The lowest BCUT2D eigenvalue weighted by Gasteiger charge is -2.08. The molecule has 0 fully saturated rings. The van der Waals surface area contributed by atoms with Gasteiger partial charge in [0.2, 0.25) is 0 Å². The molecule has 0 atom stereocenters. The number of carbonyl (C=O) groups is 1. The van der Waals surface area contributed by atoms with Crippen molar-refractivity contribution in [1.82, 2.24) is 4.98 Å². The van der Waals surface area contributed by atoms with Gasteiger partial charge in [-0.1, -0.05) is 23.7 Å². The number of aromatic nitrogens is 1. The Morgan fingerprint density at radius 1 is 1.32 bits per heavy atom. The summed E-state index contributed by atoms with van der Waals surface area (Å²) in [7, 11) is 0. The Morgan fingerprint density at radius 2 is 2.05 bits per heavy atom. The molecule has 0 saturated heterocycles. The van der Waals surface area contributed by atoms with Crippen molar-refractivity contribution in [2.24, 2.45) is 0 Å². The number of carboxylic acid groups (broad SMARTS) is 1. The van der Waals surface area contributed by atoms with Crippen LogP contribution in [0.3, 0.4) is 0 Å². The highest BCUT2D eigenvalue weighted by atomic mass is 35.5. The predicted octanol–water partition coefficient (Wildman–Crippen LogP) is 3.18. The van der Waals surface area contributed by atoms with Crippen LogP contribution >= 0.6 is 11.6 Å². The van der Waals surface area contributed by atoms with Gasteiger partial charge in [-0.25, -0.2) is 14.2 Å². The van der Waals surface area contributed by atoms with Crippen molar-refractivity contribution < 1.29 is 14.3 Å². The van der Waals surface area contributed by atoms with Gasteiger partial charge in [-0.2, -0.15) is 0 Å². The molecule has 0 aliphatic heterocycles. The minimum Gasteiger partial charge on any atom is -0.477 e. The third-order valence-electron chi connectivity index (χ3n) is 2.44. The van der Waals surface area contributed by atoms with Crippen molar-refractivity contribution in [3.8, 4) is 0 Å². The number of nitrogens with zero attached hydrogens (tertiary/aromatic N) is 1. The molecule has 19 heavy (non-hydrogen) atoms. The molecule has 1 aromatic carbocycles. The summed E-state index contributed by atoms with van der Waals surface area (Å²) in [4.78, 5) is 14.7. The van der Waals surface area contributed by atoms with Crippen molar-refractivity contribution in [2.45, 2.75) is 6.54 Å². The first kappa shape index (κ1) is 13.3. The Morgan fingerprint density at radius 3 is 2.79 bits per heavy atom. The fourth-order valence-corrected chi connectivity index (χ4v) is 1.70. The minimum atomic E-state index is -1.10. The molecular weight excluding hydrogens is 271 g/mol. The number of anilines is 1. The van der Waals surface area contributed by atoms with Crippen LogP contribution in [-0.4, -0.2) is 16.1 Å². The number of carboxylic acids is 1. The fourth-order valence-electron chi connectivity index (χ4n) is 1.52. The minimum absolute atomic E-state index is 0.0252. The Balaban J connectivity index is 2.12. The van der Waals surface area contributed by atoms with Crippen LogP contribution in [-0.2, 0) is 6.54 Å². The molecule has 2 aromatic rings. The molecule has 0 amide bonds. The zero-order valence-electron chi connectivity index (χ0n) is 9.73. The van der Waals surface area contributed by atoms with E-state index in [-0.39, 0.29) is 22.9 Å². The van der Waals surface area contributed by atoms with Gasteiger partial charge >= 0.3 is 5.97 Å². The molecule has 6 heteroatoms. The molecule has 0 aliphatic carbocycles. The third kappa shape index (κ3) is 3.20. The van der Waals surface area contributed by atoms with Gasteiger partial charge in [-0.05, 0) is 24.3 Å². The Kier molecular flexibility index (Phi) is 3.97. The highest BCUT2D eigenvalue weighted by Crippen LogP contribution is 2.22. The fraction of sp³-hybridized carbons (Fsp3) is 0.0769. The first-order chi connectivity index (χ1) is 9.08. The molecule has 0 unspecified atom stereocenters. The van der Waals surface area contributed by atoms with Gasteiger partial charge in [0.15, 0.2) is 5.82 Å². The van der Waals surface area contributed by atoms with E-state index in [0.29, 0.717) is 5.69 Å². The van der Waals surface area contributed by atoms with E-state index < -0.39 is 11.8 Å². The van der Waals surface area contributed by atoms with E-state index in [2.05, 4.69) is 10.3 Å².